The van der Waals surface area contributed by atoms with Crippen LogP contribution in [-0.4, -0.2) is 35.1 Å². The maximum atomic E-state index is 13.3. The van der Waals surface area contributed by atoms with Crippen LogP contribution < -0.4 is 4.90 Å². The highest BCUT2D eigenvalue weighted by Gasteiger charge is 2.50. The molecule has 9 heteroatoms. The first-order chi connectivity index (χ1) is 18.3. The lowest BCUT2D eigenvalue weighted by atomic mass is 9.73. The molecule has 0 spiro atoms. The number of hydrogen-bond donors (Lipinski definition) is 0. The van der Waals surface area contributed by atoms with E-state index in [4.69, 9.17) is 4.74 Å². The third kappa shape index (κ3) is 4.82. The highest BCUT2D eigenvalue weighted by Crippen LogP contribution is 2.45. The Labute approximate surface area is 218 Å². The Kier molecular flexibility index (Phi) is 6.83. The first-order valence-electron chi connectivity index (χ1n) is 12.3. The van der Waals surface area contributed by atoms with Crippen LogP contribution in [0.15, 0.2) is 78.9 Å². The summed E-state index contributed by atoms with van der Waals surface area (Å²) in [6.45, 7) is -0.587. The fraction of sp³-hybridized carbons (Fsp3) is 0.241. The maximum Gasteiger partial charge on any atom is 0.338 e. The number of non-ortho nitro benzene ring substituents is 1. The van der Waals surface area contributed by atoms with E-state index in [9.17, 15) is 29.3 Å². The number of ketones is 1. The molecule has 1 saturated heterocycles. The summed E-state index contributed by atoms with van der Waals surface area (Å²) in [7, 11) is 0. The van der Waals surface area contributed by atoms with Crippen molar-refractivity contribution in [3.63, 3.8) is 0 Å². The highest BCUT2D eigenvalue weighted by molar-refractivity contribution is 6.22. The minimum atomic E-state index is -0.770. The van der Waals surface area contributed by atoms with E-state index in [1.165, 1.54) is 52.9 Å². The molecule has 192 valence electrons. The average Bonchev–Trinajstić information content (AvgIpc) is 3.20. The molecule has 0 unspecified atom stereocenters. The highest BCUT2D eigenvalue weighted by atomic mass is 16.6. The van der Waals surface area contributed by atoms with Crippen LogP contribution in [0, 0.1) is 22.0 Å². The van der Waals surface area contributed by atoms with Crippen LogP contribution in [0.1, 0.15) is 51.5 Å². The smallest absolute Gasteiger partial charge is 0.338 e. The molecular weight excluding hydrogens is 488 g/mol. The number of rotatable bonds is 7. The van der Waals surface area contributed by atoms with Gasteiger partial charge in [-0.1, -0.05) is 42.5 Å². The lowest BCUT2D eigenvalue weighted by molar-refractivity contribution is -0.384. The summed E-state index contributed by atoms with van der Waals surface area (Å²) in [5.74, 6) is -2.27. The van der Waals surface area contributed by atoms with Crippen molar-refractivity contribution < 1.29 is 28.8 Å². The molecule has 1 heterocycles. The molecule has 3 atom stereocenters. The van der Waals surface area contributed by atoms with Gasteiger partial charge in [0.25, 0.3) is 5.69 Å². The van der Waals surface area contributed by atoms with Crippen LogP contribution in [0.2, 0.25) is 0 Å². The lowest BCUT2D eigenvalue weighted by Crippen LogP contribution is -2.30. The van der Waals surface area contributed by atoms with Crippen LogP contribution in [0.25, 0.3) is 0 Å². The van der Waals surface area contributed by atoms with Gasteiger partial charge < -0.3 is 4.74 Å². The molecular formula is C29H24N2O7. The maximum absolute atomic E-state index is 13.3. The van der Waals surface area contributed by atoms with Crippen LogP contribution in [0.4, 0.5) is 11.4 Å². The molecule has 0 bridgehead atoms. The number of amides is 2. The molecule has 38 heavy (non-hydrogen) atoms. The number of ether oxygens (including phenoxy) is 1. The molecule has 0 N–H and O–H groups in total. The third-order valence-corrected chi connectivity index (χ3v) is 7.27. The normalized spacial score (nSPS) is 20.6. The van der Waals surface area contributed by atoms with Crippen molar-refractivity contribution >= 4 is 34.9 Å². The Bertz CT molecular complexity index is 1420. The largest absolute Gasteiger partial charge is 0.454 e. The number of nitro groups is 1. The number of imide groups is 1. The molecule has 3 aromatic carbocycles. The second-order valence-electron chi connectivity index (χ2n) is 9.50. The second-order valence-corrected chi connectivity index (χ2v) is 9.50. The Balaban J connectivity index is 1.23. The van der Waals surface area contributed by atoms with E-state index in [-0.39, 0.29) is 46.4 Å². The van der Waals surface area contributed by atoms with Crippen molar-refractivity contribution in [3.05, 3.63) is 106 Å². The van der Waals surface area contributed by atoms with Gasteiger partial charge in [0.1, 0.15) is 0 Å². The quantitative estimate of drug-likeness (QED) is 0.148. The zero-order valence-corrected chi connectivity index (χ0v) is 20.3. The standard InChI is InChI=1S/C29H24N2O7/c32-26(21-7-4-8-23(15-21)31(36)37)17-38-29(35)19-9-12-22(13-10-19)30-27(33)24-14-11-20(16-25(24)28(30)34)18-5-2-1-3-6-18/h1-10,12-13,15,20,24-25H,11,14,16-17H2/t20-,24+,25-/m0/s1. The van der Waals surface area contributed by atoms with Crippen molar-refractivity contribution in [2.24, 2.45) is 11.8 Å². The van der Waals surface area contributed by atoms with Gasteiger partial charge in [0.15, 0.2) is 6.61 Å². The summed E-state index contributed by atoms with van der Waals surface area (Å²) in [5.41, 5.74) is 1.52. The average molecular weight is 513 g/mol. The van der Waals surface area contributed by atoms with Gasteiger partial charge in [0.2, 0.25) is 17.6 Å². The first kappa shape index (κ1) is 25.0. The monoisotopic (exact) mass is 512 g/mol. The topological polar surface area (TPSA) is 124 Å². The van der Waals surface area contributed by atoms with Gasteiger partial charge >= 0.3 is 5.97 Å². The zero-order valence-electron chi connectivity index (χ0n) is 20.3. The summed E-state index contributed by atoms with van der Waals surface area (Å²) >= 11 is 0. The number of nitro benzene ring substituents is 1. The predicted octanol–water partition coefficient (Wildman–Crippen LogP) is 4.71. The number of Topliss-reactive ketones (excluding diaryl/α,β-unsaturated/α-hetero) is 1. The molecule has 3 aromatic rings. The number of nitrogens with zero attached hydrogens (tertiary/aromatic N) is 2. The third-order valence-electron chi connectivity index (χ3n) is 7.27. The van der Waals surface area contributed by atoms with Crippen LogP contribution in [0.3, 0.4) is 0 Å². The number of carbonyl (C=O) groups is 4. The van der Waals surface area contributed by atoms with Gasteiger partial charge in [-0.2, -0.15) is 0 Å². The number of anilines is 1. The van der Waals surface area contributed by atoms with Gasteiger partial charge in [-0.05, 0) is 55.0 Å². The first-order valence-corrected chi connectivity index (χ1v) is 12.3. The fourth-order valence-corrected chi connectivity index (χ4v) is 5.30. The van der Waals surface area contributed by atoms with E-state index in [1.807, 2.05) is 18.2 Å². The van der Waals surface area contributed by atoms with Gasteiger partial charge in [0.05, 0.1) is 28.0 Å². The summed E-state index contributed by atoms with van der Waals surface area (Å²) in [5, 5.41) is 10.9. The van der Waals surface area contributed by atoms with Gasteiger partial charge in [-0.15, -0.1) is 0 Å². The van der Waals surface area contributed by atoms with Gasteiger partial charge in [0, 0.05) is 17.7 Å². The zero-order chi connectivity index (χ0) is 26.8. The van der Waals surface area contributed by atoms with Crippen LogP contribution in [0.5, 0.6) is 0 Å². The molecule has 0 radical (unpaired) electrons. The van der Waals surface area contributed by atoms with Crippen molar-refractivity contribution in [2.75, 3.05) is 11.5 Å². The molecule has 1 aliphatic heterocycles. The van der Waals surface area contributed by atoms with Gasteiger partial charge in [-0.3, -0.25) is 29.4 Å². The number of benzene rings is 3. The van der Waals surface area contributed by atoms with Crippen molar-refractivity contribution in [1.82, 2.24) is 0 Å². The molecule has 2 fully saturated rings. The van der Waals surface area contributed by atoms with E-state index < -0.39 is 23.3 Å². The molecule has 0 aromatic heterocycles. The van der Waals surface area contributed by atoms with E-state index in [0.29, 0.717) is 18.5 Å². The Morgan fingerprint density at radius 2 is 1.58 bits per heavy atom. The van der Waals surface area contributed by atoms with E-state index in [1.54, 1.807) is 0 Å². The fourth-order valence-electron chi connectivity index (χ4n) is 5.30. The summed E-state index contributed by atoms with van der Waals surface area (Å²) in [4.78, 5) is 62.7. The van der Waals surface area contributed by atoms with E-state index >= 15 is 0 Å². The van der Waals surface area contributed by atoms with E-state index in [2.05, 4.69) is 12.1 Å². The van der Waals surface area contributed by atoms with Crippen molar-refractivity contribution in [2.45, 2.75) is 25.2 Å². The van der Waals surface area contributed by atoms with Crippen LogP contribution >= 0.6 is 0 Å². The lowest BCUT2D eigenvalue weighted by Gasteiger charge is -2.28. The second kappa shape index (κ2) is 10.4. The number of esters is 1. The summed E-state index contributed by atoms with van der Waals surface area (Å²) < 4.78 is 5.08. The molecule has 5 rings (SSSR count). The van der Waals surface area contributed by atoms with Gasteiger partial charge in [-0.25, -0.2) is 4.79 Å². The molecule has 1 aliphatic carbocycles. The Morgan fingerprint density at radius 3 is 2.29 bits per heavy atom. The van der Waals surface area contributed by atoms with Crippen molar-refractivity contribution in [3.8, 4) is 0 Å². The molecule has 1 saturated carbocycles. The van der Waals surface area contributed by atoms with Crippen LogP contribution in [-0.2, 0) is 14.3 Å². The predicted molar refractivity (Wildman–Crippen MR) is 137 cm³/mol. The minimum absolute atomic E-state index is 0.0596. The molecule has 2 aliphatic rings. The van der Waals surface area contributed by atoms with Crippen molar-refractivity contribution in [1.29, 1.82) is 0 Å². The molecule has 2 amide bonds. The summed E-state index contributed by atoms with van der Waals surface area (Å²) in [6, 6.07) is 21.1. The molecule has 9 nitrogen and oxygen atoms in total. The number of hydrogen-bond acceptors (Lipinski definition) is 7. The minimum Gasteiger partial charge on any atom is -0.454 e. The van der Waals surface area contributed by atoms with E-state index in [0.717, 1.165) is 12.5 Å². The Hall–Kier alpha value is -4.66. The Morgan fingerprint density at radius 1 is 0.868 bits per heavy atom. The summed E-state index contributed by atoms with van der Waals surface area (Å²) in [6.07, 6.45) is 2.12. The SMILES string of the molecule is O=C(COC(=O)c1ccc(N2C(=O)[C@H]3C[C@@H](c4ccccc4)CC[C@H]3C2=O)cc1)c1cccc([N+](=O)[O-])c1. The number of fused-ring (bicyclic) bond motifs is 1. The number of carbonyl (C=O) groups excluding carboxylic acids is 4.